The Morgan fingerprint density at radius 1 is 1.04 bits per heavy atom. The lowest BCUT2D eigenvalue weighted by atomic mass is 10.1. The average molecular weight is 374 g/mol. The van der Waals surface area contributed by atoms with Crippen molar-refractivity contribution in [2.75, 3.05) is 0 Å². The molecule has 0 aliphatic heterocycles. The van der Waals surface area contributed by atoms with Gasteiger partial charge >= 0.3 is 0 Å². The molecule has 0 radical (unpaired) electrons. The van der Waals surface area contributed by atoms with Gasteiger partial charge in [0.1, 0.15) is 5.15 Å². The Hall–Kier alpha value is -1.81. The van der Waals surface area contributed by atoms with E-state index < -0.39 is 0 Å². The summed E-state index contributed by atoms with van der Waals surface area (Å²) in [6.45, 7) is 5.47. The van der Waals surface area contributed by atoms with Gasteiger partial charge in [-0.3, -0.25) is 0 Å². The summed E-state index contributed by atoms with van der Waals surface area (Å²) in [6, 6.07) is 18.3. The highest BCUT2D eigenvalue weighted by Gasteiger charge is 2.15. The third-order valence-corrected chi connectivity index (χ3v) is 4.99. The fourth-order valence-corrected chi connectivity index (χ4v) is 3.20. The van der Waals surface area contributed by atoms with Crippen LogP contribution in [0.1, 0.15) is 35.3 Å². The standard InChI is InChI=1S/C20H21Cl2N3/c1-14(17-8-10-18(21)11-9-17)23-12-19-15(2)24-25(20(19)22)13-16-6-4-3-5-7-16/h3-11,14,23H,12-13H2,1-2H3. The number of nitrogens with zero attached hydrogens (tertiary/aromatic N) is 2. The minimum absolute atomic E-state index is 0.199. The topological polar surface area (TPSA) is 29.9 Å². The molecule has 0 saturated carbocycles. The Morgan fingerprint density at radius 2 is 1.72 bits per heavy atom. The van der Waals surface area contributed by atoms with Crippen molar-refractivity contribution in [2.45, 2.75) is 33.0 Å². The third kappa shape index (κ3) is 4.43. The highest BCUT2D eigenvalue weighted by atomic mass is 35.5. The molecule has 0 aliphatic rings. The van der Waals surface area contributed by atoms with E-state index in [1.54, 1.807) is 0 Å². The highest BCUT2D eigenvalue weighted by Crippen LogP contribution is 2.22. The van der Waals surface area contributed by atoms with Crippen molar-refractivity contribution in [2.24, 2.45) is 0 Å². The molecule has 0 amide bonds. The molecule has 1 aromatic heterocycles. The van der Waals surface area contributed by atoms with Crippen molar-refractivity contribution in [3.63, 3.8) is 0 Å². The Balaban J connectivity index is 1.69. The van der Waals surface area contributed by atoms with Gasteiger partial charge in [-0.2, -0.15) is 5.10 Å². The van der Waals surface area contributed by atoms with Crippen LogP contribution in [0.4, 0.5) is 0 Å². The van der Waals surface area contributed by atoms with Crippen molar-refractivity contribution < 1.29 is 0 Å². The molecule has 1 heterocycles. The van der Waals surface area contributed by atoms with Gasteiger partial charge in [0, 0.05) is 23.2 Å². The van der Waals surface area contributed by atoms with Gasteiger partial charge in [0.25, 0.3) is 0 Å². The van der Waals surface area contributed by atoms with Crippen molar-refractivity contribution >= 4 is 23.2 Å². The number of aromatic nitrogens is 2. The van der Waals surface area contributed by atoms with Crippen LogP contribution in [0.25, 0.3) is 0 Å². The van der Waals surface area contributed by atoms with E-state index in [1.165, 1.54) is 11.1 Å². The molecule has 2 aromatic carbocycles. The lowest BCUT2D eigenvalue weighted by molar-refractivity contribution is 0.573. The Kier molecular flexibility index (Phi) is 5.79. The summed E-state index contributed by atoms with van der Waals surface area (Å²) in [4.78, 5) is 0. The Labute approximate surface area is 158 Å². The molecule has 1 atom stereocenters. The van der Waals surface area contributed by atoms with E-state index in [0.29, 0.717) is 18.2 Å². The van der Waals surface area contributed by atoms with E-state index in [0.717, 1.165) is 16.3 Å². The van der Waals surface area contributed by atoms with Crippen molar-refractivity contribution in [3.05, 3.63) is 87.2 Å². The largest absolute Gasteiger partial charge is 0.306 e. The average Bonchev–Trinajstić information content (AvgIpc) is 2.88. The van der Waals surface area contributed by atoms with Crippen LogP contribution in [0.3, 0.4) is 0 Å². The number of nitrogens with one attached hydrogen (secondary N) is 1. The first kappa shape index (κ1) is 18.0. The first-order chi connectivity index (χ1) is 12.0. The van der Waals surface area contributed by atoms with Crippen LogP contribution < -0.4 is 5.32 Å². The summed E-state index contributed by atoms with van der Waals surface area (Å²) in [5, 5.41) is 9.55. The minimum Gasteiger partial charge on any atom is -0.306 e. The lowest BCUT2D eigenvalue weighted by Crippen LogP contribution is -2.18. The van der Waals surface area contributed by atoms with Crippen molar-refractivity contribution in [3.8, 4) is 0 Å². The summed E-state index contributed by atoms with van der Waals surface area (Å²) >= 11 is 12.5. The molecule has 1 unspecified atom stereocenters. The maximum absolute atomic E-state index is 6.57. The quantitative estimate of drug-likeness (QED) is 0.626. The van der Waals surface area contributed by atoms with E-state index in [9.17, 15) is 0 Å². The van der Waals surface area contributed by atoms with Crippen LogP contribution >= 0.6 is 23.2 Å². The van der Waals surface area contributed by atoms with E-state index >= 15 is 0 Å². The van der Waals surface area contributed by atoms with E-state index in [2.05, 4.69) is 29.5 Å². The van der Waals surface area contributed by atoms with Crippen LogP contribution in [-0.4, -0.2) is 9.78 Å². The maximum atomic E-state index is 6.57. The molecule has 3 aromatic rings. The number of hydrogen-bond donors (Lipinski definition) is 1. The maximum Gasteiger partial charge on any atom is 0.132 e. The first-order valence-corrected chi connectivity index (χ1v) is 9.04. The Morgan fingerprint density at radius 3 is 2.40 bits per heavy atom. The number of aryl methyl sites for hydroxylation is 1. The zero-order chi connectivity index (χ0) is 17.8. The number of benzene rings is 2. The number of rotatable bonds is 6. The molecule has 25 heavy (non-hydrogen) atoms. The number of hydrogen-bond acceptors (Lipinski definition) is 2. The van der Waals surface area contributed by atoms with Gasteiger partial charge in [0.15, 0.2) is 0 Å². The van der Waals surface area contributed by atoms with Crippen molar-refractivity contribution in [1.82, 2.24) is 15.1 Å². The Bertz CT molecular complexity index is 826. The molecule has 0 fully saturated rings. The summed E-state index contributed by atoms with van der Waals surface area (Å²) in [6.07, 6.45) is 0. The van der Waals surface area contributed by atoms with E-state index in [1.807, 2.05) is 54.1 Å². The molecule has 0 saturated heterocycles. The van der Waals surface area contributed by atoms with Gasteiger partial charge in [-0.05, 0) is 37.1 Å². The van der Waals surface area contributed by atoms with Gasteiger partial charge in [-0.25, -0.2) is 4.68 Å². The van der Waals surface area contributed by atoms with Gasteiger partial charge in [0.05, 0.1) is 12.2 Å². The van der Waals surface area contributed by atoms with Crippen LogP contribution in [-0.2, 0) is 13.1 Å². The second-order valence-corrected chi connectivity index (χ2v) is 6.95. The SMILES string of the molecule is Cc1nn(Cc2ccccc2)c(Cl)c1CNC(C)c1ccc(Cl)cc1. The second kappa shape index (κ2) is 8.05. The van der Waals surface area contributed by atoms with E-state index in [4.69, 9.17) is 23.2 Å². The normalized spacial score (nSPS) is 12.3. The summed E-state index contributed by atoms with van der Waals surface area (Å²) in [5.41, 5.74) is 4.37. The fourth-order valence-electron chi connectivity index (χ4n) is 2.78. The van der Waals surface area contributed by atoms with Crippen molar-refractivity contribution in [1.29, 1.82) is 0 Å². The smallest absolute Gasteiger partial charge is 0.132 e. The molecule has 1 N–H and O–H groups in total. The summed E-state index contributed by atoms with van der Waals surface area (Å²) in [7, 11) is 0. The fraction of sp³-hybridized carbons (Fsp3) is 0.250. The third-order valence-electron chi connectivity index (χ3n) is 4.31. The van der Waals surface area contributed by atoms with Crippen LogP contribution in [0, 0.1) is 6.92 Å². The zero-order valence-electron chi connectivity index (χ0n) is 14.3. The zero-order valence-corrected chi connectivity index (χ0v) is 15.8. The molecule has 0 spiro atoms. The highest BCUT2D eigenvalue weighted by molar-refractivity contribution is 6.30. The van der Waals surface area contributed by atoms with Crippen LogP contribution in [0.2, 0.25) is 10.2 Å². The monoisotopic (exact) mass is 373 g/mol. The molecular weight excluding hydrogens is 353 g/mol. The van der Waals surface area contributed by atoms with Crippen LogP contribution in [0.5, 0.6) is 0 Å². The summed E-state index contributed by atoms with van der Waals surface area (Å²) < 4.78 is 1.86. The van der Waals surface area contributed by atoms with E-state index in [-0.39, 0.29) is 6.04 Å². The summed E-state index contributed by atoms with van der Waals surface area (Å²) in [5.74, 6) is 0. The second-order valence-electron chi connectivity index (χ2n) is 6.15. The van der Waals surface area contributed by atoms with Gasteiger partial charge < -0.3 is 5.32 Å². The van der Waals surface area contributed by atoms with Gasteiger partial charge in [-0.1, -0.05) is 65.7 Å². The van der Waals surface area contributed by atoms with Gasteiger partial charge in [-0.15, -0.1) is 0 Å². The minimum atomic E-state index is 0.199. The molecule has 3 rings (SSSR count). The van der Waals surface area contributed by atoms with Crippen LogP contribution in [0.15, 0.2) is 54.6 Å². The molecule has 5 heteroatoms. The predicted octanol–water partition coefficient (Wildman–Crippen LogP) is 5.40. The van der Waals surface area contributed by atoms with Gasteiger partial charge in [0.2, 0.25) is 0 Å². The molecule has 130 valence electrons. The predicted molar refractivity (Wildman–Crippen MR) is 104 cm³/mol. The molecule has 3 nitrogen and oxygen atoms in total. The molecule has 0 aliphatic carbocycles. The lowest BCUT2D eigenvalue weighted by Gasteiger charge is -2.14. The number of halogens is 2. The first-order valence-electron chi connectivity index (χ1n) is 8.29. The molecule has 0 bridgehead atoms. The molecular formula is C20H21Cl2N3.